The maximum atomic E-state index is 4.68. The number of hydrogen-bond donors (Lipinski definition) is 1. The van der Waals surface area contributed by atoms with Gasteiger partial charge in [-0.1, -0.05) is 27.7 Å². The minimum atomic E-state index is 0.587. The van der Waals surface area contributed by atoms with Crippen molar-refractivity contribution in [1.82, 2.24) is 20.2 Å². The molecule has 0 radical (unpaired) electrons. The Balaban J connectivity index is 0.00000126. The average molecular weight is 376 g/mol. The predicted octanol–water partition coefficient (Wildman–Crippen LogP) is 3.74. The highest BCUT2D eigenvalue weighted by atomic mass is 15.3. The summed E-state index contributed by atoms with van der Waals surface area (Å²) in [5, 5.41) is 3.52. The Bertz CT molecular complexity index is 500. The topological polar surface area (TPSA) is 44.3 Å². The largest absolute Gasteiger partial charge is 0.332 e. The molecule has 0 aromatic carbocycles. The highest BCUT2D eigenvalue weighted by Crippen LogP contribution is 2.29. The minimum Gasteiger partial charge on any atom is -0.332 e. The third kappa shape index (κ3) is 6.72. The molecule has 27 heavy (non-hydrogen) atoms. The van der Waals surface area contributed by atoms with Gasteiger partial charge in [-0.15, -0.1) is 0 Å². The fourth-order valence-corrected chi connectivity index (χ4v) is 4.15. The molecular formula is C22H41N5. The average Bonchev–Trinajstić information content (AvgIpc) is 2.92. The molecule has 0 amide bonds. The monoisotopic (exact) mass is 375 g/mol. The molecule has 2 unspecified atom stereocenters. The van der Waals surface area contributed by atoms with Crippen LogP contribution in [0.3, 0.4) is 0 Å². The Hall–Kier alpha value is -1.20. The number of hydrogen-bond acceptors (Lipinski definition) is 5. The van der Waals surface area contributed by atoms with Crippen molar-refractivity contribution in [3.8, 4) is 0 Å². The van der Waals surface area contributed by atoms with Gasteiger partial charge in [0, 0.05) is 37.6 Å². The molecule has 5 nitrogen and oxygen atoms in total. The first-order valence-corrected chi connectivity index (χ1v) is 11.1. The van der Waals surface area contributed by atoms with Crippen molar-refractivity contribution in [1.29, 1.82) is 0 Å². The van der Waals surface area contributed by atoms with Gasteiger partial charge in [0.05, 0.1) is 0 Å². The smallest absolute Gasteiger partial charge is 0.225 e. The van der Waals surface area contributed by atoms with Gasteiger partial charge >= 0.3 is 0 Å². The second kappa shape index (κ2) is 11.6. The van der Waals surface area contributed by atoms with Crippen LogP contribution in [0.5, 0.6) is 0 Å². The van der Waals surface area contributed by atoms with Crippen LogP contribution in [0.2, 0.25) is 0 Å². The summed E-state index contributed by atoms with van der Waals surface area (Å²) in [7, 11) is 2.24. The van der Waals surface area contributed by atoms with Gasteiger partial charge in [0.1, 0.15) is 0 Å². The standard InChI is InChI=1S/C20H35N5.C2H6/c1-16(2)6-4-10-24(3)11-5-7-17-12-22-20(23-13-17)25-18-8-9-19(25)15-21-14-18;1-2/h12-13,16,18-19,21H,4-11,14-15H2,1-3H3;1-2H3. The number of piperazine rings is 1. The van der Waals surface area contributed by atoms with Gasteiger partial charge in [-0.05, 0) is 70.1 Å². The summed E-state index contributed by atoms with van der Waals surface area (Å²) in [4.78, 5) is 14.3. The Morgan fingerprint density at radius 2 is 1.67 bits per heavy atom. The molecule has 2 bridgehead atoms. The van der Waals surface area contributed by atoms with Crippen LogP contribution in [0.1, 0.15) is 65.4 Å². The van der Waals surface area contributed by atoms with Crippen molar-refractivity contribution in [2.75, 3.05) is 38.1 Å². The van der Waals surface area contributed by atoms with Crippen LogP contribution < -0.4 is 10.2 Å². The first kappa shape index (κ1) is 22.1. The quantitative estimate of drug-likeness (QED) is 0.712. The minimum absolute atomic E-state index is 0.587. The maximum Gasteiger partial charge on any atom is 0.225 e. The zero-order valence-electron chi connectivity index (χ0n) is 18.2. The van der Waals surface area contributed by atoms with Crippen LogP contribution in [0, 0.1) is 5.92 Å². The zero-order chi connectivity index (χ0) is 19.6. The third-order valence-electron chi connectivity index (χ3n) is 5.63. The SMILES string of the molecule is CC.CC(C)CCCN(C)CCCc1cnc(N2C3CCC2CNC3)nc1. The van der Waals surface area contributed by atoms with E-state index in [4.69, 9.17) is 0 Å². The van der Waals surface area contributed by atoms with Crippen molar-refractivity contribution in [2.24, 2.45) is 5.92 Å². The van der Waals surface area contributed by atoms with E-state index in [0.717, 1.165) is 37.9 Å². The fourth-order valence-electron chi connectivity index (χ4n) is 4.15. The van der Waals surface area contributed by atoms with Gasteiger partial charge in [-0.2, -0.15) is 0 Å². The van der Waals surface area contributed by atoms with Crippen molar-refractivity contribution in [2.45, 2.75) is 78.3 Å². The maximum absolute atomic E-state index is 4.68. The molecule has 2 aliphatic rings. The molecule has 1 aromatic heterocycles. The van der Waals surface area contributed by atoms with Crippen molar-refractivity contribution < 1.29 is 0 Å². The summed E-state index contributed by atoms with van der Waals surface area (Å²) in [6.45, 7) is 13.1. The number of rotatable bonds is 9. The summed E-state index contributed by atoms with van der Waals surface area (Å²) in [5.41, 5.74) is 1.27. The lowest BCUT2D eigenvalue weighted by atomic mass is 10.1. The summed E-state index contributed by atoms with van der Waals surface area (Å²) in [5.74, 6) is 1.75. The van der Waals surface area contributed by atoms with Crippen LogP contribution in [-0.4, -0.2) is 60.2 Å². The predicted molar refractivity (Wildman–Crippen MR) is 115 cm³/mol. The van der Waals surface area contributed by atoms with Crippen LogP contribution in [0.25, 0.3) is 0 Å². The second-order valence-corrected chi connectivity index (χ2v) is 8.28. The molecule has 3 heterocycles. The van der Waals surface area contributed by atoms with E-state index in [2.05, 4.69) is 46.0 Å². The van der Waals surface area contributed by atoms with E-state index in [0.29, 0.717) is 12.1 Å². The van der Waals surface area contributed by atoms with Gasteiger partial charge in [0.15, 0.2) is 0 Å². The Morgan fingerprint density at radius 3 is 2.26 bits per heavy atom. The van der Waals surface area contributed by atoms with E-state index in [-0.39, 0.29) is 0 Å². The van der Waals surface area contributed by atoms with E-state index in [1.807, 2.05) is 26.2 Å². The van der Waals surface area contributed by atoms with E-state index in [9.17, 15) is 0 Å². The third-order valence-corrected chi connectivity index (χ3v) is 5.63. The van der Waals surface area contributed by atoms with E-state index in [1.54, 1.807) is 0 Å². The number of aryl methyl sites for hydroxylation is 1. The zero-order valence-corrected chi connectivity index (χ0v) is 18.2. The lowest BCUT2D eigenvalue weighted by molar-refractivity contribution is 0.313. The fraction of sp³-hybridized carbons (Fsp3) is 0.818. The van der Waals surface area contributed by atoms with Gasteiger partial charge in [-0.25, -0.2) is 9.97 Å². The molecule has 2 aliphatic heterocycles. The second-order valence-electron chi connectivity index (χ2n) is 8.28. The molecule has 1 aromatic rings. The normalized spacial score (nSPS) is 21.5. The van der Waals surface area contributed by atoms with Gasteiger partial charge in [-0.3, -0.25) is 0 Å². The highest BCUT2D eigenvalue weighted by Gasteiger charge is 2.37. The van der Waals surface area contributed by atoms with Gasteiger partial charge in [0.2, 0.25) is 5.95 Å². The molecule has 154 valence electrons. The van der Waals surface area contributed by atoms with Crippen molar-refractivity contribution in [3.63, 3.8) is 0 Å². The van der Waals surface area contributed by atoms with Crippen molar-refractivity contribution in [3.05, 3.63) is 18.0 Å². The Kier molecular flexibility index (Phi) is 9.49. The Labute approximate surface area is 167 Å². The van der Waals surface area contributed by atoms with Crippen LogP contribution in [0.15, 0.2) is 12.4 Å². The molecule has 0 aliphatic carbocycles. The first-order valence-electron chi connectivity index (χ1n) is 11.1. The van der Waals surface area contributed by atoms with E-state index in [1.165, 1.54) is 44.2 Å². The molecule has 2 atom stereocenters. The summed E-state index contributed by atoms with van der Waals surface area (Å²) in [6, 6.07) is 1.17. The van der Waals surface area contributed by atoms with Crippen LogP contribution >= 0.6 is 0 Å². The van der Waals surface area contributed by atoms with Gasteiger partial charge in [0.25, 0.3) is 0 Å². The highest BCUT2D eigenvalue weighted by molar-refractivity contribution is 5.37. The molecule has 2 saturated heterocycles. The number of nitrogens with zero attached hydrogens (tertiary/aromatic N) is 4. The van der Waals surface area contributed by atoms with E-state index >= 15 is 0 Å². The number of anilines is 1. The molecule has 1 N–H and O–H groups in total. The summed E-state index contributed by atoms with van der Waals surface area (Å²) in [6.07, 6.45) is 11.5. The van der Waals surface area contributed by atoms with Gasteiger partial charge < -0.3 is 15.1 Å². The molecule has 2 fully saturated rings. The van der Waals surface area contributed by atoms with Crippen LogP contribution in [0.4, 0.5) is 5.95 Å². The molecular weight excluding hydrogens is 334 g/mol. The summed E-state index contributed by atoms with van der Waals surface area (Å²) < 4.78 is 0. The van der Waals surface area contributed by atoms with Crippen molar-refractivity contribution >= 4 is 5.95 Å². The Morgan fingerprint density at radius 1 is 1.07 bits per heavy atom. The van der Waals surface area contributed by atoms with E-state index < -0.39 is 0 Å². The molecule has 3 rings (SSSR count). The number of fused-ring (bicyclic) bond motifs is 2. The lowest BCUT2D eigenvalue weighted by Crippen LogP contribution is -2.52. The lowest BCUT2D eigenvalue weighted by Gasteiger charge is -2.35. The number of nitrogens with one attached hydrogen (secondary N) is 1. The first-order chi connectivity index (χ1) is 13.1. The summed E-state index contributed by atoms with van der Waals surface area (Å²) >= 11 is 0. The number of aromatic nitrogens is 2. The molecule has 0 saturated carbocycles. The molecule has 0 spiro atoms. The molecule has 5 heteroatoms. The van der Waals surface area contributed by atoms with Crippen LogP contribution in [-0.2, 0) is 6.42 Å².